The highest BCUT2D eigenvalue weighted by atomic mass is 32.1. The Morgan fingerprint density at radius 2 is 2.00 bits per heavy atom. The summed E-state index contributed by atoms with van der Waals surface area (Å²) in [5.74, 6) is 0.500. The minimum atomic E-state index is -0.853. The maximum Gasteiger partial charge on any atom is 0.326 e. The summed E-state index contributed by atoms with van der Waals surface area (Å²) >= 11 is 1.73. The zero-order valence-electron chi connectivity index (χ0n) is 15.5. The zero-order valence-corrected chi connectivity index (χ0v) is 16.3. The Hall–Kier alpha value is -2.47. The third kappa shape index (κ3) is 3.54. The zero-order chi connectivity index (χ0) is 19.0. The molecule has 1 aromatic carbocycles. The van der Waals surface area contributed by atoms with Gasteiger partial charge in [0.05, 0.1) is 5.39 Å². The number of thiophene rings is 1. The number of anilines is 1. The van der Waals surface area contributed by atoms with Crippen LogP contribution in [0.5, 0.6) is 0 Å². The van der Waals surface area contributed by atoms with E-state index in [1.54, 1.807) is 11.3 Å². The normalized spacial score (nSPS) is 14.5. The molecule has 2 N–H and O–H groups in total. The van der Waals surface area contributed by atoms with Gasteiger partial charge in [-0.3, -0.25) is 0 Å². The molecule has 1 unspecified atom stereocenters. The van der Waals surface area contributed by atoms with Gasteiger partial charge >= 0.3 is 5.97 Å². The Morgan fingerprint density at radius 3 is 2.70 bits per heavy atom. The number of aromatic nitrogens is 2. The Balaban J connectivity index is 1.79. The molecule has 0 saturated heterocycles. The molecule has 6 heteroatoms. The lowest BCUT2D eigenvalue weighted by Gasteiger charge is -2.19. The summed E-state index contributed by atoms with van der Waals surface area (Å²) in [6.45, 7) is 3.82. The number of carbonyl (C=O) groups is 1. The van der Waals surface area contributed by atoms with Crippen LogP contribution in [0.4, 0.5) is 5.82 Å². The second kappa shape index (κ2) is 7.27. The number of carboxylic acid groups (broad SMARTS) is 1. The van der Waals surface area contributed by atoms with Crippen molar-refractivity contribution in [2.45, 2.75) is 45.6 Å². The quantitative estimate of drug-likeness (QED) is 0.666. The van der Waals surface area contributed by atoms with E-state index in [2.05, 4.69) is 17.4 Å². The van der Waals surface area contributed by atoms with Crippen molar-refractivity contribution in [2.24, 2.45) is 5.92 Å². The number of benzene rings is 1. The Kier molecular flexibility index (Phi) is 4.83. The van der Waals surface area contributed by atoms with Crippen molar-refractivity contribution in [3.05, 3.63) is 52.2 Å². The van der Waals surface area contributed by atoms with Gasteiger partial charge in [0.2, 0.25) is 0 Å². The fraction of sp³-hybridized carbons (Fsp3) is 0.381. The molecule has 140 valence electrons. The van der Waals surface area contributed by atoms with Gasteiger partial charge in [0, 0.05) is 11.3 Å². The molecule has 2 aromatic heterocycles. The molecule has 0 spiro atoms. The maximum atomic E-state index is 11.7. The average molecular weight is 382 g/mol. The van der Waals surface area contributed by atoms with E-state index in [-0.39, 0.29) is 5.92 Å². The van der Waals surface area contributed by atoms with Crippen molar-refractivity contribution in [1.82, 2.24) is 9.97 Å². The van der Waals surface area contributed by atoms with E-state index in [0.29, 0.717) is 12.2 Å². The molecule has 3 aromatic rings. The molecule has 5 nitrogen and oxygen atoms in total. The summed E-state index contributed by atoms with van der Waals surface area (Å²) in [7, 11) is 0. The molecular weight excluding hydrogens is 358 g/mol. The predicted molar refractivity (Wildman–Crippen MR) is 109 cm³/mol. The highest BCUT2D eigenvalue weighted by Crippen LogP contribution is 2.40. The molecule has 1 aliphatic carbocycles. The summed E-state index contributed by atoms with van der Waals surface area (Å²) in [5, 5.41) is 13.9. The Bertz CT molecular complexity index is 982. The first-order chi connectivity index (χ1) is 13.0. The van der Waals surface area contributed by atoms with Crippen LogP contribution < -0.4 is 5.32 Å². The van der Waals surface area contributed by atoms with E-state index >= 15 is 0 Å². The van der Waals surface area contributed by atoms with Gasteiger partial charge in [-0.25, -0.2) is 14.8 Å². The third-order valence-corrected chi connectivity index (χ3v) is 6.23. The molecular formula is C21H23N3O2S. The molecule has 0 amide bonds. The SMILES string of the molecule is CC(C)C(Nc1nc(Cc2ccccc2)nc2sc3c(c12)CCC3)C(=O)O. The van der Waals surface area contributed by atoms with E-state index in [4.69, 9.17) is 9.97 Å². The molecule has 0 saturated carbocycles. The van der Waals surface area contributed by atoms with Crippen LogP contribution in [0.1, 0.15) is 42.1 Å². The molecule has 27 heavy (non-hydrogen) atoms. The second-order valence-electron chi connectivity index (χ2n) is 7.39. The second-order valence-corrected chi connectivity index (χ2v) is 8.48. The van der Waals surface area contributed by atoms with Crippen LogP contribution in [0, 0.1) is 5.92 Å². The van der Waals surface area contributed by atoms with E-state index < -0.39 is 12.0 Å². The topological polar surface area (TPSA) is 75.1 Å². The van der Waals surface area contributed by atoms with Crippen LogP contribution in [0.2, 0.25) is 0 Å². The monoisotopic (exact) mass is 381 g/mol. The maximum absolute atomic E-state index is 11.7. The Morgan fingerprint density at radius 1 is 1.22 bits per heavy atom. The van der Waals surface area contributed by atoms with Gasteiger partial charge < -0.3 is 10.4 Å². The van der Waals surface area contributed by atoms with E-state index in [1.165, 1.54) is 10.4 Å². The number of aliphatic carboxylic acids is 1. The van der Waals surface area contributed by atoms with Crippen molar-refractivity contribution in [2.75, 3.05) is 5.32 Å². The van der Waals surface area contributed by atoms with Crippen LogP contribution >= 0.6 is 11.3 Å². The van der Waals surface area contributed by atoms with Crippen LogP contribution in [0.25, 0.3) is 10.2 Å². The van der Waals surface area contributed by atoms with E-state index in [1.807, 2.05) is 32.0 Å². The lowest BCUT2D eigenvalue weighted by Crippen LogP contribution is -2.34. The summed E-state index contributed by atoms with van der Waals surface area (Å²) in [6.07, 6.45) is 3.88. The predicted octanol–water partition coefficient (Wildman–Crippen LogP) is 4.29. The first kappa shape index (κ1) is 17.9. The number of aryl methyl sites for hydroxylation is 2. The number of nitrogens with one attached hydrogen (secondary N) is 1. The molecule has 0 aliphatic heterocycles. The molecule has 1 atom stereocenters. The van der Waals surface area contributed by atoms with Gasteiger partial charge in [0.15, 0.2) is 0 Å². The van der Waals surface area contributed by atoms with Gasteiger partial charge in [-0.2, -0.15) is 0 Å². The summed E-state index contributed by atoms with van der Waals surface area (Å²) < 4.78 is 0. The van der Waals surface area contributed by atoms with Crippen molar-refractivity contribution in [3.8, 4) is 0 Å². The van der Waals surface area contributed by atoms with E-state index in [0.717, 1.165) is 40.9 Å². The minimum Gasteiger partial charge on any atom is -0.480 e. The largest absolute Gasteiger partial charge is 0.480 e. The summed E-state index contributed by atoms with van der Waals surface area (Å²) in [6, 6.07) is 9.44. The van der Waals surface area contributed by atoms with Crippen molar-refractivity contribution in [3.63, 3.8) is 0 Å². The smallest absolute Gasteiger partial charge is 0.326 e. The first-order valence-electron chi connectivity index (χ1n) is 9.37. The van der Waals surface area contributed by atoms with Crippen molar-refractivity contribution in [1.29, 1.82) is 0 Å². The average Bonchev–Trinajstić information content (AvgIpc) is 3.20. The highest BCUT2D eigenvalue weighted by molar-refractivity contribution is 7.19. The molecule has 0 bridgehead atoms. The van der Waals surface area contributed by atoms with Crippen LogP contribution in [0.3, 0.4) is 0 Å². The first-order valence-corrected chi connectivity index (χ1v) is 10.2. The highest BCUT2D eigenvalue weighted by Gasteiger charge is 2.27. The molecule has 0 fully saturated rings. The minimum absolute atomic E-state index is 0.0447. The lowest BCUT2D eigenvalue weighted by molar-refractivity contribution is -0.138. The summed E-state index contributed by atoms with van der Waals surface area (Å²) in [5.41, 5.74) is 2.45. The van der Waals surface area contributed by atoms with Crippen molar-refractivity contribution < 1.29 is 9.90 Å². The fourth-order valence-corrected chi connectivity index (χ4v) is 4.94. The van der Waals surface area contributed by atoms with Crippen LogP contribution in [0.15, 0.2) is 30.3 Å². The van der Waals surface area contributed by atoms with Gasteiger partial charge in [0.1, 0.15) is 22.5 Å². The Labute approximate surface area is 162 Å². The lowest BCUT2D eigenvalue weighted by atomic mass is 10.0. The molecule has 4 rings (SSSR count). The number of carboxylic acids is 1. The molecule has 1 aliphatic rings. The fourth-order valence-electron chi connectivity index (χ4n) is 3.66. The number of nitrogens with zero attached hydrogens (tertiary/aromatic N) is 2. The number of hydrogen-bond donors (Lipinski definition) is 2. The van der Waals surface area contributed by atoms with Gasteiger partial charge in [0.25, 0.3) is 0 Å². The standard InChI is InChI=1S/C21H23N3O2S/c1-12(2)18(21(25)26)24-19-17-14-9-6-10-15(14)27-20(17)23-16(22-19)11-13-7-4-3-5-8-13/h3-5,7-8,12,18H,6,9-11H2,1-2H3,(H,25,26)(H,22,23,24). The van der Waals surface area contributed by atoms with Crippen LogP contribution in [-0.2, 0) is 24.1 Å². The van der Waals surface area contributed by atoms with Crippen molar-refractivity contribution >= 4 is 33.3 Å². The number of fused-ring (bicyclic) bond motifs is 3. The van der Waals surface area contributed by atoms with Gasteiger partial charge in [-0.05, 0) is 36.3 Å². The van der Waals surface area contributed by atoms with Gasteiger partial charge in [-0.1, -0.05) is 44.2 Å². The molecule has 0 radical (unpaired) electrons. The number of hydrogen-bond acceptors (Lipinski definition) is 5. The van der Waals surface area contributed by atoms with E-state index in [9.17, 15) is 9.90 Å². The van der Waals surface area contributed by atoms with Crippen LogP contribution in [-0.4, -0.2) is 27.1 Å². The van der Waals surface area contributed by atoms with Gasteiger partial charge in [-0.15, -0.1) is 11.3 Å². The number of rotatable bonds is 6. The summed E-state index contributed by atoms with van der Waals surface area (Å²) in [4.78, 5) is 23.6. The third-order valence-electron chi connectivity index (χ3n) is 5.04. The molecule has 2 heterocycles.